The number of amides is 2. The van der Waals surface area contributed by atoms with Gasteiger partial charge in [0.2, 0.25) is 0 Å². The number of benzene rings is 1. The Bertz CT molecular complexity index is 1640. The zero-order valence-corrected chi connectivity index (χ0v) is 26.7. The minimum Gasteiger partial charge on any atom is -0.480 e. The summed E-state index contributed by atoms with van der Waals surface area (Å²) >= 11 is 1.21. The summed E-state index contributed by atoms with van der Waals surface area (Å²) in [5.41, 5.74) is -0.0306. The lowest BCUT2D eigenvalue weighted by molar-refractivity contribution is -0.146. The molecular weight excluding hydrogens is 622 g/mol. The van der Waals surface area contributed by atoms with E-state index in [0.717, 1.165) is 5.82 Å². The molecule has 2 saturated heterocycles. The van der Waals surface area contributed by atoms with Crippen LogP contribution in [0.1, 0.15) is 19.4 Å². The minimum atomic E-state index is -4.64. The summed E-state index contributed by atoms with van der Waals surface area (Å²) in [4.78, 5) is 51.0. The van der Waals surface area contributed by atoms with Gasteiger partial charge in [-0.05, 0) is 43.7 Å². The molecule has 2 N–H and O–H groups in total. The number of anilines is 1. The predicted octanol–water partition coefficient (Wildman–Crippen LogP) is 1.79. The maximum atomic E-state index is 13.7. The first-order valence-corrected chi connectivity index (χ1v) is 16.7. The lowest BCUT2D eigenvalue weighted by atomic mass is 10.1. The van der Waals surface area contributed by atoms with E-state index in [4.69, 9.17) is 4.74 Å². The molecule has 4 heterocycles. The predicted molar refractivity (Wildman–Crippen MR) is 166 cm³/mol. The van der Waals surface area contributed by atoms with Crippen LogP contribution in [0.15, 0.2) is 66.2 Å². The van der Waals surface area contributed by atoms with Crippen molar-refractivity contribution in [2.45, 2.75) is 42.2 Å². The first-order valence-electron chi connectivity index (χ1n) is 14.2. The van der Waals surface area contributed by atoms with Gasteiger partial charge in [-0.15, -0.1) is 11.8 Å². The number of carbonyl (C=O) groups excluding carboxylic acids is 2. The lowest BCUT2D eigenvalue weighted by Crippen LogP contribution is -2.55. The number of aliphatic carboxylic acids is 1. The van der Waals surface area contributed by atoms with Crippen molar-refractivity contribution in [3.63, 3.8) is 0 Å². The molecule has 45 heavy (non-hydrogen) atoms. The number of carbonyl (C=O) groups is 3. The highest BCUT2D eigenvalue weighted by Gasteiger charge is 2.46. The summed E-state index contributed by atoms with van der Waals surface area (Å²) in [5, 5.41) is 11.9. The van der Waals surface area contributed by atoms with Crippen molar-refractivity contribution in [2.75, 3.05) is 36.8 Å². The van der Waals surface area contributed by atoms with E-state index in [1.165, 1.54) is 41.0 Å². The minimum absolute atomic E-state index is 0.241. The average Bonchev–Trinajstić information content (AvgIpc) is 3.63. The number of hydrogen-bond donors (Lipinski definition) is 2. The van der Waals surface area contributed by atoms with Crippen LogP contribution >= 0.6 is 11.8 Å². The second-order valence-corrected chi connectivity index (χ2v) is 14.3. The summed E-state index contributed by atoms with van der Waals surface area (Å²) in [6.45, 7) is 5.85. The third-order valence-corrected chi connectivity index (χ3v) is 10.6. The second kappa shape index (κ2) is 13.1. The Morgan fingerprint density at radius 1 is 1.11 bits per heavy atom. The zero-order valence-electron chi connectivity index (χ0n) is 25.1. The summed E-state index contributed by atoms with van der Waals surface area (Å²) < 4.78 is 34.8. The van der Waals surface area contributed by atoms with Crippen molar-refractivity contribution < 1.29 is 32.6 Å². The SMILES string of the molecule is Cn1cnc(S(=O)(=O)N(C(=O)[C@H]2NC(C)(C)CS2)[C@@H](Cc2ccc(OC(=O)N3CCN(c4ccccn4)CC3)cc2)C(=O)O)c1. The van der Waals surface area contributed by atoms with Crippen LogP contribution in [0.5, 0.6) is 5.75 Å². The molecule has 0 saturated carbocycles. The third-order valence-electron chi connectivity index (χ3n) is 7.42. The molecule has 2 atom stereocenters. The van der Waals surface area contributed by atoms with E-state index in [1.54, 1.807) is 30.3 Å². The van der Waals surface area contributed by atoms with Crippen LogP contribution in [0.3, 0.4) is 0 Å². The molecule has 240 valence electrons. The number of hydrogen-bond acceptors (Lipinski definition) is 11. The molecule has 2 aliphatic heterocycles. The van der Waals surface area contributed by atoms with E-state index in [2.05, 4.69) is 20.2 Å². The van der Waals surface area contributed by atoms with Gasteiger partial charge in [-0.2, -0.15) is 8.42 Å². The van der Waals surface area contributed by atoms with Crippen LogP contribution < -0.4 is 15.0 Å². The standard InChI is InChI=1S/C29H35N7O7S2/c1-29(2)18-44-25(32-29)26(37)36(45(41,42)24-17-33(3)19-31-24)22(27(38)39)16-20-7-9-21(10-8-20)43-28(40)35-14-12-34(13-15-35)23-6-4-5-11-30-23/h4-11,17,19,22,25,32H,12-16,18H2,1-3H3,(H,38,39)/t22-,25-/m0/s1. The van der Waals surface area contributed by atoms with Crippen molar-refractivity contribution in [2.24, 2.45) is 7.05 Å². The van der Waals surface area contributed by atoms with Crippen molar-refractivity contribution in [1.29, 1.82) is 0 Å². The zero-order chi connectivity index (χ0) is 32.4. The number of piperazine rings is 1. The Kier molecular flexibility index (Phi) is 9.36. The van der Waals surface area contributed by atoms with Gasteiger partial charge >= 0.3 is 12.1 Å². The molecule has 2 aliphatic rings. The molecule has 14 nitrogen and oxygen atoms in total. The summed E-state index contributed by atoms with van der Waals surface area (Å²) in [6, 6.07) is 10.0. The Balaban J connectivity index is 1.29. The maximum Gasteiger partial charge on any atom is 0.415 e. The van der Waals surface area contributed by atoms with Crippen molar-refractivity contribution in [1.82, 2.24) is 29.1 Å². The van der Waals surface area contributed by atoms with Crippen molar-refractivity contribution in [3.05, 3.63) is 66.7 Å². The molecule has 0 bridgehead atoms. The molecule has 0 unspecified atom stereocenters. The number of aromatic nitrogens is 3. The van der Waals surface area contributed by atoms with Gasteiger partial charge in [-0.3, -0.25) is 10.1 Å². The topological polar surface area (TPSA) is 167 Å². The van der Waals surface area contributed by atoms with Crippen LogP contribution in [0, 0.1) is 0 Å². The summed E-state index contributed by atoms with van der Waals surface area (Å²) in [7, 11) is -3.07. The van der Waals surface area contributed by atoms with Crippen LogP contribution in [-0.4, -0.2) is 104 Å². The Morgan fingerprint density at radius 2 is 1.82 bits per heavy atom. The maximum absolute atomic E-state index is 13.7. The Morgan fingerprint density at radius 3 is 2.38 bits per heavy atom. The first kappa shape index (κ1) is 32.2. The van der Waals surface area contributed by atoms with Gasteiger partial charge in [-0.25, -0.2) is 23.9 Å². The molecule has 2 aromatic heterocycles. The van der Waals surface area contributed by atoms with Gasteiger partial charge in [0, 0.05) is 63.3 Å². The largest absolute Gasteiger partial charge is 0.480 e. The highest BCUT2D eigenvalue weighted by Crippen LogP contribution is 2.31. The fourth-order valence-electron chi connectivity index (χ4n) is 5.05. The summed E-state index contributed by atoms with van der Waals surface area (Å²) in [5.74, 6) is -0.775. The van der Waals surface area contributed by atoms with E-state index in [-0.39, 0.29) is 12.2 Å². The van der Waals surface area contributed by atoms with E-state index in [1.807, 2.05) is 32.0 Å². The molecule has 2 amide bonds. The van der Waals surface area contributed by atoms with Gasteiger partial charge in [-0.1, -0.05) is 18.2 Å². The fourth-order valence-corrected chi connectivity index (χ4v) is 7.97. The Hall–Kier alpha value is -4.15. The molecule has 5 rings (SSSR count). The average molecular weight is 658 g/mol. The smallest absolute Gasteiger partial charge is 0.415 e. The molecule has 1 aromatic carbocycles. The second-order valence-electron chi connectivity index (χ2n) is 11.5. The monoisotopic (exact) mass is 657 g/mol. The highest BCUT2D eigenvalue weighted by molar-refractivity contribution is 8.01. The first-order chi connectivity index (χ1) is 21.3. The van der Waals surface area contributed by atoms with Gasteiger partial charge in [0.05, 0.1) is 6.33 Å². The number of nitrogens with one attached hydrogen (secondary N) is 1. The molecule has 2 fully saturated rings. The lowest BCUT2D eigenvalue weighted by Gasteiger charge is -2.34. The van der Waals surface area contributed by atoms with E-state index >= 15 is 0 Å². The number of thioether (sulfide) groups is 1. The van der Waals surface area contributed by atoms with E-state index < -0.39 is 50.0 Å². The molecule has 0 spiro atoms. The number of ether oxygens (including phenoxy) is 1. The number of sulfonamides is 1. The van der Waals surface area contributed by atoms with Crippen LogP contribution in [0.25, 0.3) is 0 Å². The number of rotatable bonds is 9. The Labute approximate surface area is 265 Å². The van der Waals surface area contributed by atoms with Crippen molar-refractivity contribution in [3.8, 4) is 5.75 Å². The summed E-state index contributed by atoms with van der Waals surface area (Å²) in [6.07, 6.45) is 3.36. The van der Waals surface area contributed by atoms with Crippen LogP contribution in [0.4, 0.5) is 10.6 Å². The molecule has 0 aliphatic carbocycles. The van der Waals surface area contributed by atoms with Gasteiger partial charge in [0.1, 0.15) is 23.0 Å². The van der Waals surface area contributed by atoms with Crippen LogP contribution in [0.2, 0.25) is 0 Å². The number of aryl methyl sites for hydroxylation is 1. The van der Waals surface area contributed by atoms with Gasteiger partial charge in [0.25, 0.3) is 15.9 Å². The number of carboxylic acid groups (broad SMARTS) is 1. The van der Waals surface area contributed by atoms with E-state index in [0.29, 0.717) is 41.8 Å². The number of carboxylic acids is 1. The number of nitrogens with zero attached hydrogens (tertiary/aromatic N) is 6. The quantitative estimate of drug-likeness (QED) is 0.343. The van der Waals surface area contributed by atoms with Crippen molar-refractivity contribution >= 4 is 45.6 Å². The van der Waals surface area contributed by atoms with Gasteiger partial charge in [0.15, 0.2) is 5.03 Å². The normalized spacial score (nSPS) is 18.8. The molecule has 0 radical (unpaired) electrons. The highest BCUT2D eigenvalue weighted by atomic mass is 32.2. The van der Waals surface area contributed by atoms with E-state index in [9.17, 15) is 27.9 Å². The fraction of sp³-hybridized carbons (Fsp3) is 0.414. The van der Waals surface area contributed by atoms with Gasteiger partial charge < -0.3 is 24.2 Å². The molecular formula is C29H35N7O7S2. The molecule has 16 heteroatoms. The number of imidazole rings is 1. The third kappa shape index (κ3) is 7.40. The number of pyridine rings is 1. The van der Waals surface area contributed by atoms with Crippen LogP contribution in [-0.2, 0) is 33.1 Å². The molecule has 3 aromatic rings.